The topological polar surface area (TPSA) is 116 Å². The van der Waals surface area contributed by atoms with E-state index in [0.717, 1.165) is 19.4 Å². The van der Waals surface area contributed by atoms with Crippen LogP contribution in [0, 0.1) is 5.92 Å². The van der Waals surface area contributed by atoms with Gasteiger partial charge in [0.25, 0.3) is 10.2 Å². The molecule has 0 atom stereocenters. The summed E-state index contributed by atoms with van der Waals surface area (Å²) in [4.78, 5) is 0. The second-order valence-corrected chi connectivity index (χ2v) is 7.31. The van der Waals surface area contributed by atoms with Crippen LogP contribution in [0.1, 0.15) is 32.5 Å². The van der Waals surface area contributed by atoms with E-state index in [1.165, 1.54) is 4.31 Å². The highest BCUT2D eigenvalue weighted by molar-refractivity contribution is 7.87. The minimum Gasteiger partial charge on any atom is -0.314 e. The maximum atomic E-state index is 12.2. The van der Waals surface area contributed by atoms with Crippen LogP contribution in [0.2, 0.25) is 0 Å². The fourth-order valence-electron chi connectivity index (χ4n) is 2.26. The van der Waals surface area contributed by atoms with E-state index in [4.69, 9.17) is 0 Å². The molecule has 21 heavy (non-hydrogen) atoms. The van der Waals surface area contributed by atoms with Crippen LogP contribution in [0.25, 0.3) is 0 Å². The highest BCUT2D eigenvalue weighted by Crippen LogP contribution is 2.18. The predicted molar refractivity (Wildman–Crippen MR) is 77.4 cm³/mol. The molecule has 0 bridgehead atoms. The van der Waals surface area contributed by atoms with Gasteiger partial charge in [0.2, 0.25) is 0 Å². The summed E-state index contributed by atoms with van der Waals surface area (Å²) in [7, 11) is -3.47. The number of piperidine rings is 1. The van der Waals surface area contributed by atoms with E-state index in [-0.39, 0.29) is 6.54 Å². The Balaban J connectivity index is 1.77. The van der Waals surface area contributed by atoms with Crippen LogP contribution < -0.4 is 10.0 Å². The number of aromatic amines is 1. The quantitative estimate of drug-likeness (QED) is 0.609. The molecule has 2 rings (SSSR count). The van der Waals surface area contributed by atoms with Gasteiger partial charge >= 0.3 is 0 Å². The number of aromatic nitrogens is 4. The molecule has 2 heterocycles. The van der Waals surface area contributed by atoms with Crippen molar-refractivity contribution in [2.24, 2.45) is 5.92 Å². The minimum atomic E-state index is -3.47. The van der Waals surface area contributed by atoms with E-state index in [9.17, 15) is 8.42 Å². The molecule has 1 aromatic rings. The van der Waals surface area contributed by atoms with Gasteiger partial charge in [0.05, 0.1) is 6.54 Å². The van der Waals surface area contributed by atoms with Gasteiger partial charge in [-0.25, -0.2) is 0 Å². The molecule has 1 fully saturated rings. The van der Waals surface area contributed by atoms with Crippen molar-refractivity contribution in [3.63, 3.8) is 0 Å². The molecule has 0 aliphatic carbocycles. The van der Waals surface area contributed by atoms with E-state index in [2.05, 4.69) is 44.5 Å². The van der Waals surface area contributed by atoms with Gasteiger partial charge in [-0.2, -0.15) is 22.7 Å². The molecular weight excluding hydrogens is 294 g/mol. The van der Waals surface area contributed by atoms with Gasteiger partial charge in [0.1, 0.15) is 0 Å². The summed E-state index contributed by atoms with van der Waals surface area (Å²) in [5.74, 6) is 0.866. The molecule has 0 aromatic carbocycles. The lowest BCUT2D eigenvalue weighted by atomic mass is 9.98. The highest BCUT2D eigenvalue weighted by atomic mass is 32.2. The smallest absolute Gasteiger partial charge is 0.279 e. The van der Waals surface area contributed by atoms with Crippen molar-refractivity contribution in [1.29, 1.82) is 0 Å². The third kappa shape index (κ3) is 4.99. The predicted octanol–water partition coefficient (Wildman–Crippen LogP) is -0.756. The Morgan fingerprint density at radius 2 is 2.10 bits per heavy atom. The molecular formula is C11H23N7O2S. The van der Waals surface area contributed by atoms with Crippen molar-refractivity contribution in [3.05, 3.63) is 5.82 Å². The number of tetrazole rings is 1. The van der Waals surface area contributed by atoms with E-state index < -0.39 is 10.2 Å². The number of H-pyrrole nitrogens is 1. The maximum Gasteiger partial charge on any atom is 0.279 e. The van der Waals surface area contributed by atoms with Crippen molar-refractivity contribution >= 4 is 10.2 Å². The first kappa shape index (κ1) is 16.3. The molecule has 1 aromatic heterocycles. The second-order valence-electron chi connectivity index (χ2n) is 5.56. The minimum absolute atomic E-state index is 0.0493. The van der Waals surface area contributed by atoms with Gasteiger partial charge in [-0.3, -0.25) is 0 Å². The summed E-state index contributed by atoms with van der Waals surface area (Å²) < 4.78 is 28.3. The first-order chi connectivity index (χ1) is 9.97. The maximum absolute atomic E-state index is 12.2. The highest BCUT2D eigenvalue weighted by Gasteiger charge is 2.27. The van der Waals surface area contributed by atoms with Crippen molar-refractivity contribution in [2.45, 2.75) is 39.3 Å². The Kier molecular flexibility index (Phi) is 5.62. The van der Waals surface area contributed by atoms with E-state index in [0.29, 0.717) is 30.9 Å². The van der Waals surface area contributed by atoms with Crippen LogP contribution in [0.15, 0.2) is 0 Å². The molecule has 0 unspecified atom stereocenters. The Bertz CT molecular complexity index is 509. The number of hydrogen-bond acceptors (Lipinski definition) is 6. The van der Waals surface area contributed by atoms with Gasteiger partial charge in [0, 0.05) is 19.1 Å². The summed E-state index contributed by atoms with van der Waals surface area (Å²) in [6.45, 7) is 6.32. The second kappa shape index (κ2) is 7.25. The number of hydrogen-bond donors (Lipinski definition) is 3. The fraction of sp³-hybridized carbons (Fsp3) is 0.909. The normalized spacial score (nSPS) is 18.4. The third-order valence-corrected chi connectivity index (χ3v) is 5.08. The van der Waals surface area contributed by atoms with E-state index in [1.807, 2.05) is 0 Å². The standard InChI is InChI=1S/C11H23N7O2S/c1-9(2)12-7-10-3-5-18(6-4-10)21(19,20)13-8-11-14-16-17-15-11/h9-10,12-13H,3-8H2,1-2H3,(H,14,15,16,17). The molecule has 0 saturated carbocycles. The van der Waals surface area contributed by atoms with Crippen molar-refractivity contribution in [1.82, 2.24) is 35.0 Å². The van der Waals surface area contributed by atoms with Crippen LogP contribution in [0.5, 0.6) is 0 Å². The van der Waals surface area contributed by atoms with Gasteiger partial charge in [-0.1, -0.05) is 19.1 Å². The molecule has 120 valence electrons. The van der Waals surface area contributed by atoms with Gasteiger partial charge in [-0.05, 0) is 25.3 Å². The van der Waals surface area contributed by atoms with Crippen molar-refractivity contribution in [2.75, 3.05) is 19.6 Å². The van der Waals surface area contributed by atoms with Crippen molar-refractivity contribution in [3.8, 4) is 0 Å². The average molecular weight is 317 g/mol. The summed E-state index contributed by atoms with van der Waals surface area (Å²) in [5, 5.41) is 16.5. The number of nitrogens with one attached hydrogen (secondary N) is 3. The first-order valence-electron chi connectivity index (χ1n) is 7.18. The third-order valence-electron chi connectivity index (χ3n) is 3.53. The molecule has 0 radical (unpaired) electrons. The van der Waals surface area contributed by atoms with Gasteiger partial charge in [0.15, 0.2) is 5.82 Å². The van der Waals surface area contributed by atoms with E-state index >= 15 is 0 Å². The van der Waals surface area contributed by atoms with Crippen LogP contribution in [-0.2, 0) is 16.8 Å². The molecule has 3 N–H and O–H groups in total. The Hall–Kier alpha value is -1.10. The fourth-order valence-corrected chi connectivity index (χ4v) is 3.45. The zero-order chi connectivity index (χ0) is 15.3. The summed E-state index contributed by atoms with van der Waals surface area (Å²) in [5.41, 5.74) is 0. The zero-order valence-corrected chi connectivity index (χ0v) is 13.2. The number of rotatable bonds is 7. The van der Waals surface area contributed by atoms with Crippen LogP contribution in [-0.4, -0.2) is 59.0 Å². The summed E-state index contributed by atoms with van der Waals surface area (Å²) in [6.07, 6.45) is 1.76. The summed E-state index contributed by atoms with van der Waals surface area (Å²) in [6, 6.07) is 0.461. The Morgan fingerprint density at radius 1 is 1.38 bits per heavy atom. The SMILES string of the molecule is CC(C)NCC1CCN(S(=O)(=O)NCc2nn[nH]n2)CC1. The van der Waals surface area contributed by atoms with E-state index in [1.54, 1.807) is 0 Å². The molecule has 1 saturated heterocycles. The van der Waals surface area contributed by atoms with Crippen LogP contribution in [0.4, 0.5) is 0 Å². The van der Waals surface area contributed by atoms with Gasteiger partial charge < -0.3 is 5.32 Å². The van der Waals surface area contributed by atoms with Crippen LogP contribution >= 0.6 is 0 Å². The largest absolute Gasteiger partial charge is 0.314 e. The zero-order valence-electron chi connectivity index (χ0n) is 12.4. The van der Waals surface area contributed by atoms with Gasteiger partial charge in [-0.15, -0.1) is 10.2 Å². The molecule has 1 aliphatic heterocycles. The Labute approximate surface area is 125 Å². The Morgan fingerprint density at radius 3 is 2.67 bits per heavy atom. The van der Waals surface area contributed by atoms with Crippen LogP contribution in [0.3, 0.4) is 0 Å². The summed E-state index contributed by atoms with van der Waals surface area (Å²) >= 11 is 0. The molecule has 10 heteroatoms. The molecule has 0 amide bonds. The number of nitrogens with zero attached hydrogens (tertiary/aromatic N) is 4. The first-order valence-corrected chi connectivity index (χ1v) is 8.62. The lowest BCUT2D eigenvalue weighted by Gasteiger charge is -2.31. The molecule has 9 nitrogen and oxygen atoms in total. The molecule has 1 aliphatic rings. The average Bonchev–Trinajstić information content (AvgIpc) is 2.97. The molecule has 0 spiro atoms. The monoisotopic (exact) mass is 317 g/mol. The lowest BCUT2D eigenvalue weighted by Crippen LogP contribution is -2.46. The lowest BCUT2D eigenvalue weighted by molar-refractivity contribution is 0.261. The van der Waals surface area contributed by atoms with Crippen molar-refractivity contribution < 1.29 is 8.42 Å².